The van der Waals surface area contributed by atoms with Crippen LogP contribution in [0.5, 0.6) is 11.5 Å². The molecule has 0 heterocycles. The first-order chi connectivity index (χ1) is 11.5. The Morgan fingerprint density at radius 1 is 1.29 bits per heavy atom. The summed E-state index contributed by atoms with van der Waals surface area (Å²) in [6.45, 7) is -2.64. The fourth-order valence-electron chi connectivity index (χ4n) is 3.16. The number of benzene rings is 1. The normalized spacial score (nSPS) is 16.7. The second kappa shape index (κ2) is 8.82. The molecule has 0 aromatic heterocycles. The quantitative estimate of drug-likeness (QED) is 0.799. The summed E-state index contributed by atoms with van der Waals surface area (Å²) in [7, 11) is 1.35. The molecule has 0 radical (unpaired) electrons. The Morgan fingerprint density at radius 3 is 2.58 bits per heavy atom. The number of carbonyl (C=O) groups is 1. The number of hydrogen-bond donors (Lipinski definition) is 2. The Hall–Kier alpha value is -1.89. The minimum absolute atomic E-state index is 0.112. The summed E-state index contributed by atoms with van der Waals surface area (Å²) in [5, 5.41) is 2.92. The second-order valence-corrected chi connectivity index (χ2v) is 5.96. The van der Waals surface area contributed by atoms with Crippen molar-refractivity contribution in [3.05, 3.63) is 23.8 Å². The van der Waals surface area contributed by atoms with Crippen LogP contribution in [-0.2, 0) is 0 Å². The minimum Gasteiger partial charge on any atom is -0.493 e. The van der Waals surface area contributed by atoms with Crippen molar-refractivity contribution in [2.45, 2.75) is 44.8 Å². The molecule has 3 N–H and O–H groups in total. The van der Waals surface area contributed by atoms with E-state index in [1.165, 1.54) is 31.7 Å². The van der Waals surface area contributed by atoms with Crippen LogP contribution in [0.25, 0.3) is 0 Å². The number of amides is 1. The summed E-state index contributed by atoms with van der Waals surface area (Å²) in [5.74, 6) is -0.00264. The van der Waals surface area contributed by atoms with Gasteiger partial charge in [-0.15, -0.1) is 0 Å². The zero-order valence-corrected chi connectivity index (χ0v) is 13.8. The average molecular weight is 342 g/mol. The van der Waals surface area contributed by atoms with Crippen LogP contribution < -0.4 is 20.5 Å². The standard InChI is InChI=1S/C17H24F2N2O3/c1-23-14-8-7-12(9-15(14)24-17(18)19)16(22)21-13(10-20)11-5-3-2-4-6-11/h7-9,11,13,17H,2-6,10,20H2,1H3,(H,21,22). The van der Waals surface area contributed by atoms with Gasteiger partial charge < -0.3 is 20.5 Å². The summed E-state index contributed by atoms with van der Waals surface area (Å²) in [6.07, 6.45) is 5.60. The largest absolute Gasteiger partial charge is 0.493 e. The molecule has 1 aromatic carbocycles. The SMILES string of the molecule is COc1ccc(C(=O)NC(CN)C2CCCCC2)cc1OC(F)F. The highest BCUT2D eigenvalue weighted by Crippen LogP contribution is 2.30. The number of alkyl halides is 2. The molecule has 1 saturated carbocycles. The Morgan fingerprint density at radius 2 is 2.00 bits per heavy atom. The zero-order chi connectivity index (χ0) is 17.5. The first-order valence-electron chi connectivity index (χ1n) is 8.19. The molecule has 1 aromatic rings. The highest BCUT2D eigenvalue weighted by atomic mass is 19.3. The molecule has 5 nitrogen and oxygen atoms in total. The van der Waals surface area contributed by atoms with Gasteiger partial charge in [-0.3, -0.25) is 4.79 Å². The summed E-state index contributed by atoms with van der Waals surface area (Å²) in [6, 6.07) is 4.10. The van der Waals surface area contributed by atoms with E-state index >= 15 is 0 Å². The van der Waals surface area contributed by atoms with Gasteiger partial charge in [-0.1, -0.05) is 19.3 Å². The smallest absolute Gasteiger partial charge is 0.387 e. The van der Waals surface area contributed by atoms with E-state index in [-0.39, 0.29) is 29.0 Å². The summed E-state index contributed by atoms with van der Waals surface area (Å²) in [5.41, 5.74) is 6.05. The lowest BCUT2D eigenvalue weighted by molar-refractivity contribution is -0.0512. The summed E-state index contributed by atoms with van der Waals surface area (Å²) in [4.78, 5) is 12.4. The van der Waals surface area contributed by atoms with Gasteiger partial charge in [0.05, 0.1) is 7.11 Å². The molecule has 1 fully saturated rings. The third-order valence-electron chi connectivity index (χ3n) is 4.43. The molecule has 1 unspecified atom stereocenters. The topological polar surface area (TPSA) is 73.6 Å². The van der Waals surface area contributed by atoms with Crippen molar-refractivity contribution in [3.8, 4) is 11.5 Å². The molecule has 0 spiro atoms. The summed E-state index contributed by atoms with van der Waals surface area (Å²) < 4.78 is 34.3. The predicted octanol–water partition coefficient (Wildman–Crippen LogP) is 2.93. The number of nitrogens with two attached hydrogens (primary N) is 1. The Labute approximate surface area is 140 Å². The van der Waals surface area contributed by atoms with Gasteiger partial charge in [0, 0.05) is 18.2 Å². The van der Waals surface area contributed by atoms with Crippen molar-refractivity contribution in [1.29, 1.82) is 0 Å². The van der Waals surface area contributed by atoms with Crippen LogP contribution in [0.1, 0.15) is 42.5 Å². The molecule has 24 heavy (non-hydrogen) atoms. The molecule has 1 aliphatic rings. The van der Waals surface area contributed by atoms with Crippen molar-refractivity contribution in [3.63, 3.8) is 0 Å². The number of nitrogens with one attached hydrogen (secondary N) is 1. The van der Waals surface area contributed by atoms with Gasteiger partial charge in [0.25, 0.3) is 5.91 Å². The molecular formula is C17H24F2N2O3. The number of carbonyl (C=O) groups excluding carboxylic acids is 1. The average Bonchev–Trinajstić information content (AvgIpc) is 2.59. The third-order valence-corrected chi connectivity index (χ3v) is 4.43. The maximum Gasteiger partial charge on any atom is 0.387 e. The van der Waals surface area contributed by atoms with Gasteiger partial charge in [0.2, 0.25) is 0 Å². The first-order valence-corrected chi connectivity index (χ1v) is 8.19. The fraction of sp³-hybridized carbons (Fsp3) is 0.588. The lowest BCUT2D eigenvalue weighted by atomic mass is 9.84. The van der Waals surface area contributed by atoms with E-state index < -0.39 is 6.61 Å². The molecule has 1 amide bonds. The number of rotatable bonds is 7. The minimum atomic E-state index is -2.99. The Balaban J connectivity index is 2.10. The molecule has 2 rings (SSSR count). The van der Waals surface area contributed by atoms with Crippen LogP contribution in [0, 0.1) is 5.92 Å². The predicted molar refractivity (Wildman–Crippen MR) is 86.5 cm³/mol. The molecule has 1 atom stereocenters. The van der Waals surface area contributed by atoms with Crippen molar-refractivity contribution in [2.75, 3.05) is 13.7 Å². The molecular weight excluding hydrogens is 318 g/mol. The van der Waals surface area contributed by atoms with Gasteiger partial charge in [0.15, 0.2) is 11.5 Å². The van der Waals surface area contributed by atoms with Gasteiger partial charge >= 0.3 is 6.61 Å². The van der Waals surface area contributed by atoms with Crippen LogP contribution in [0.4, 0.5) is 8.78 Å². The summed E-state index contributed by atoms with van der Waals surface area (Å²) >= 11 is 0. The van der Waals surface area contributed by atoms with Gasteiger partial charge in [-0.05, 0) is 37.0 Å². The maximum absolute atomic E-state index is 12.5. The van der Waals surface area contributed by atoms with Gasteiger partial charge in [-0.25, -0.2) is 0 Å². The van der Waals surface area contributed by atoms with Crippen molar-refractivity contribution in [1.82, 2.24) is 5.32 Å². The van der Waals surface area contributed by atoms with E-state index in [0.717, 1.165) is 25.7 Å². The lowest BCUT2D eigenvalue weighted by Gasteiger charge is -2.30. The molecule has 7 heteroatoms. The number of methoxy groups -OCH3 is 1. The molecule has 0 saturated heterocycles. The molecule has 0 aliphatic heterocycles. The van der Waals surface area contributed by atoms with Crippen LogP contribution in [0.15, 0.2) is 18.2 Å². The van der Waals surface area contributed by atoms with Crippen LogP contribution in [0.2, 0.25) is 0 Å². The number of halogens is 2. The van der Waals surface area contributed by atoms with Crippen molar-refractivity contribution < 1.29 is 23.0 Å². The monoisotopic (exact) mass is 342 g/mol. The third kappa shape index (κ3) is 4.80. The first kappa shape index (κ1) is 18.4. The number of hydrogen-bond acceptors (Lipinski definition) is 4. The highest BCUT2D eigenvalue weighted by Gasteiger charge is 2.25. The van der Waals surface area contributed by atoms with E-state index in [9.17, 15) is 13.6 Å². The van der Waals surface area contributed by atoms with E-state index in [1.54, 1.807) is 0 Å². The number of ether oxygens (including phenoxy) is 2. The van der Waals surface area contributed by atoms with Crippen LogP contribution in [-0.4, -0.2) is 32.2 Å². The van der Waals surface area contributed by atoms with Crippen LogP contribution in [0.3, 0.4) is 0 Å². The molecule has 0 bridgehead atoms. The maximum atomic E-state index is 12.5. The molecule has 134 valence electrons. The van der Waals surface area contributed by atoms with Gasteiger partial charge in [0.1, 0.15) is 0 Å². The van der Waals surface area contributed by atoms with E-state index in [2.05, 4.69) is 10.1 Å². The van der Waals surface area contributed by atoms with E-state index in [4.69, 9.17) is 10.5 Å². The van der Waals surface area contributed by atoms with Crippen molar-refractivity contribution >= 4 is 5.91 Å². The van der Waals surface area contributed by atoms with Gasteiger partial charge in [-0.2, -0.15) is 8.78 Å². The highest BCUT2D eigenvalue weighted by molar-refractivity contribution is 5.95. The van der Waals surface area contributed by atoms with E-state index in [1.807, 2.05) is 0 Å². The van der Waals surface area contributed by atoms with Crippen molar-refractivity contribution in [2.24, 2.45) is 11.7 Å². The molecule has 1 aliphatic carbocycles. The Kier molecular flexibility index (Phi) is 6.78. The fourth-order valence-corrected chi connectivity index (χ4v) is 3.16. The lowest BCUT2D eigenvalue weighted by Crippen LogP contribution is -2.45. The second-order valence-electron chi connectivity index (χ2n) is 5.96. The zero-order valence-electron chi connectivity index (χ0n) is 13.8. The van der Waals surface area contributed by atoms with Crippen LogP contribution >= 0.6 is 0 Å². The Bertz CT molecular complexity index is 549. The van der Waals surface area contributed by atoms with E-state index in [0.29, 0.717) is 12.5 Å².